The number of carbonyl (C=O) groups is 2. The van der Waals surface area contributed by atoms with Crippen molar-refractivity contribution in [2.24, 2.45) is 18.4 Å². The molecule has 2 N–H and O–H groups in total. The Kier molecular flexibility index (Phi) is 3.06. The van der Waals surface area contributed by atoms with E-state index < -0.39 is 11.4 Å². The maximum Gasteiger partial charge on any atom is 0.310 e. The van der Waals surface area contributed by atoms with Crippen LogP contribution in [0.5, 0.6) is 0 Å². The molecule has 2 aliphatic carbocycles. The summed E-state index contributed by atoms with van der Waals surface area (Å²) in [6.07, 6.45) is 5.58. The van der Waals surface area contributed by atoms with Crippen molar-refractivity contribution in [3.05, 3.63) is 23.5 Å². The number of thiazole rings is 1. The van der Waals surface area contributed by atoms with E-state index in [-0.39, 0.29) is 17.9 Å². The van der Waals surface area contributed by atoms with Crippen LogP contribution in [0.4, 0.5) is 0 Å². The summed E-state index contributed by atoms with van der Waals surface area (Å²) in [5.41, 5.74) is 0.670. The molecule has 0 aromatic carbocycles. The molecule has 2 aromatic heterocycles. The first-order valence-electron chi connectivity index (χ1n) is 7.47. The van der Waals surface area contributed by atoms with Gasteiger partial charge in [0.15, 0.2) is 0 Å². The quantitative estimate of drug-likeness (QED) is 0.885. The SMILES string of the molecule is Cn1cc(-c2nc(C(=O)N[C@@H]3C[C@H]4C[C@@]4(C(=O)O)C3)cs2)cn1. The van der Waals surface area contributed by atoms with E-state index in [1.54, 1.807) is 16.3 Å². The summed E-state index contributed by atoms with van der Waals surface area (Å²) in [7, 11) is 1.83. The number of carbonyl (C=O) groups excluding carboxylic acids is 1. The molecule has 0 unspecified atom stereocenters. The zero-order chi connectivity index (χ0) is 16.2. The van der Waals surface area contributed by atoms with Crippen LogP contribution in [0.1, 0.15) is 29.8 Å². The van der Waals surface area contributed by atoms with Crippen molar-refractivity contribution < 1.29 is 14.7 Å². The highest BCUT2D eigenvalue weighted by molar-refractivity contribution is 7.13. The minimum atomic E-state index is -0.730. The van der Waals surface area contributed by atoms with Crippen molar-refractivity contribution in [3.8, 4) is 10.6 Å². The molecular formula is C15H16N4O3S. The number of nitrogens with one attached hydrogen (secondary N) is 1. The topological polar surface area (TPSA) is 97.1 Å². The van der Waals surface area contributed by atoms with Gasteiger partial charge >= 0.3 is 5.97 Å². The van der Waals surface area contributed by atoms with Crippen LogP contribution < -0.4 is 5.32 Å². The molecule has 0 saturated heterocycles. The third-order valence-electron chi connectivity index (χ3n) is 4.86. The molecule has 1 amide bonds. The number of carboxylic acids is 1. The molecule has 2 saturated carbocycles. The summed E-state index contributed by atoms with van der Waals surface area (Å²) >= 11 is 1.40. The van der Waals surface area contributed by atoms with Crippen molar-refractivity contribution >= 4 is 23.2 Å². The number of hydrogen-bond donors (Lipinski definition) is 2. The summed E-state index contributed by atoms with van der Waals surface area (Å²) in [6, 6.07) is -0.0686. The molecular weight excluding hydrogens is 316 g/mol. The molecule has 8 heteroatoms. The van der Waals surface area contributed by atoms with Gasteiger partial charge in [0.25, 0.3) is 5.91 Å². The molecule has 7 nitrogen and oxygen atoms in total. The molecule has 0 radical (unpaired) electrons. The second kappa shape index (κ2) is 4.89. The predicted molar refractivity (Wildman–Crippen MR) is 83.0 cm³/mol. The van der Waals surface area contributed by atoms with Gasteiger partial charge in [0.1, 0.15) is 10.7 Å². The maximum atomic E-state index is 12.3. The Hall–Kier alpha value is -2.22. The van der Waals surface area contributed by atoms with Crippen molar-refractivity contribution in [2.45, 2.75) is 25.3 Å². The van der Waals surface area contributed by atoms with Crippen LogP contribution in [0.3, 0.4) is 0 Å². The lowest BCUT2D eigenvalue weighted by Gasteiger charge is -2.15. The van der Waals surface area contributed by atoms with Gasteiger partial charge in [0, 0.05) is 30.2 Å². The van der Waals surface area contributed by atoms with Crippen LogP contribution in [0, 0.1) is 11.3 Å². The zero-order valence-corrected chi connectivity index (χ0v) is 13.3. The van der Waals surface area contributed by atoms with E-state index in [0.717, 1.165) is 23.4 Å². The molecule has 120 valence electrons. The summed E-state index contributed by atoms with van der Waals surface area (Å²) in [5.74, 6) is -0.748. The first kappa shape index (κ1) is 14.4. The summed E-state index contributed by atoms with van der Waals surface area (Å²) in [4.78, 5) is 28.0. The van der Waals surface area contributed by atoms with E-state index in [2.05, 4.69) is 15.4 Å². The van der Waals surface area contributed by atoms with Gasteiger partial charge in [-0.15, -0.1) is 11.3 Å². The van der Waals surface area contributed by atoms with E-state index in [9.17, 15) is 14.7 Å². The first-order valence-corrected chi connectivity index (χ1v) is 8.35. The first-order chi connectivity index (χ1) is 11.0. The summed E-state index contributed by atoms with van der Waals surface area (Å²) in [5, 5.41) is 18.8. The van der Waals surface area contributed by atoms with Gasteiger partial charge in [0.2, 0.25) is 0 Å². The van der Waals surface area contributed by atoms with Gasteiger partial charge in [-0.3, -0.25) is 14.3 Å². The third kappa shape index (κ3) is 2.33. The maximum absolute atomic E-state index is 12.3. The van der Waals surface area contributed by atoms with Crippen molar-refractivity contribution in [1.29, 1.82) is 0 Å². The van der Waals surface area contributed by atoms with E-state index >= 15 is 0 Å². The fraction of sp³-hybridized carbons (Fsp3) is 0.467. The normalized spacial score (nSPS) is 28.4. The molecule has 2 aromatic rings. The minimum absolute atomic E-state index is 0.0686. The van der Waals surface area contributed by atoms with E-state index in [1.165, 1.54) is 11.3 Å². The molecule has 3 atom stereocenters. The summed E-state index contributed by atoms with van der Waals surface area (Å²) in [6.45, 7) is 0. The molecule has 0 bridgehead atoms. The molecule has 2 aliphatic rings. The predicted octanol–water partition coefficient (Wildman–Crippen LogP) is 1.53. The smallest absolute Gasteiger partial charge is 0.310 e. The number of hydrogen-bond acceptors (Lipinski definition) is 5. The fourth-order valence-corrected chi connectivity index (χ4v) is 4.34. The van der Waals surface area contributed by atoms with Gasteiger partial charge in [-0.25, -0.2) is 4.98 Å². The fourth-order valence-electron chi connectivity index (χ4n) is 3.57. The number of amides is 1. The van der Waals surface area contributed by atoms with Crippen LogP contribution in [0.2, 0.25) is 0 Å². The van der Waals surface area contributed by atoms with E-state index in [1.807, 2.05) is 13.2 Å². The van der Waals surface area contributed by atoms with Crippen molar-refractivity contribution in [2.75, 3.05) is 0 Å². The monoisotopic (exact) mass is 332 g/mol. The van der Waals surface area contributed by atoms with Gasteiger partial charge < -0.3 is 10.4 Å². The Morgan fingerprint density at radius 3 is 2.96 bits per heavy atom. The highest BCUT2D eigenvalue weighted by Gasteiger charge is 2.65. The average molecular weight is 332 g/mol. The number of carboxylic acid groups (broad SMARTS) is 1. The summed E-state index contributed by atoms with van der Waals surface area (Å²) < 4.78 is 1.69. The number of nitrogens with zero attached hydrogens (tertiary/aromatic N) is 3. The van der Waals surface area contributed by atoms with Crippen molar-refractivity contribution in [3.63, 3.8) is 0 Å². The van der Waals surface area contributed by atoms with Crippen LogP contribution in [-0.4, -0.2) is 37.8 Å². The lowest BCUT2D eigenvalue weighted by atomic mass is 10.0. The van der Waals surface area contributed by atoms with Gasteiger partial charge in [-0.05, 0) is 25.2 Å². The largest absolute Gasteiger partial charge is 0.481 e. The van der Waals surface area contributed by atoms with E-state index in [0.29, 0.717) is 12.1 Å². The Morgan fingerprint density at radius 1 is 1.48 bits per heavy atom. The Morgan fingerprint density at radius 2 is 2.30 bits per heavy atom. The van der Waals surface area contributed by atoms with Crippen molar-refractivity contribution in [1.82, 2.24) is 20.1 Å². The van der Waals surface area contributed by atoms with Gasteiger partial charge in [0.05, 0.1) is 11.6 Å². The number of aryl methyl sites for hydroxylation is 1. The standard InChI is InChI=1S/C15H16N4O3S/c1-19-6-8(5-16-19)13-18-11(7-23-13)12(20)17-10-2-9-3-15(9,4-10)14(21)22/h5-7,9-10H,2-4H2,1H3,(H,17,20)(H,21,22)/t9-,10+,15+/m0/s1. The lowest BCUT2D eigenvalue weighted by molar-refractivity contribution is -0.143. The number of aromatic nitrogens is 3. The highest BCUT2D eigenvalue weighted by Crippen LogP contribution is 2.63. The lowest BCUT2D eigenvalue weighted by Crippen LogP contribution is -2.35. The molecule has 2 heterocycles. The number of aliphatic carboxylic acids is 1. The molecule has 0 aliphatic heterocycles. The molecule has 0 spiro atoms. The molecule has 23 heavy (non-hydrogen) atoms. The van der Waals surface area contributed by atoms with Gasteiger partial charge in [-0.1, -0.05) is 0 Å². The Balaban J connectivity index is 1.43. The van der Waals surface area contributed by atoms with Gasteiger partial charge in [-0.2, -0.15) is 5.10 Å². The average Bonchev–Trinajstić information content (AvgIpc) is 2.95. The molecule has 2 fully saturated rings. The van der Waals surface area contributed by atoms with Crippen LogP contribution in [0.15, 0.2) is 17.8 Å². The number of rotatable bonds is 4. The van der Waals surface area contributed by atoms with Crippen LogP contribution >= 0.6 is 11.3 Å². The Bertz CT molecular complexity index is 798. The molecule has 4 rings (SSSR count). The second-order valence-corrected chi connectivity index (χ2v) is 7.27. The second-order valence-electron chi connectivity index (χ2n) is 6.41. The van der Waals surface area contributed by atoms with E-state index in [4.69, 9.17) is 0 Å². The zero-order valence-electron chi connectivity index (χ0n) is 12.5. The minimum Gasteiger partial charge on any atom is -0.481 e. The highest BCUT2D eigenvalue weighted by atomic mass is 32.1. The Labute approximate surface area is 136 Å². The third-order valence-corrected chi connectivity index (χ3v) is 5.75. The van der Waals surface area contributed by atoms with Crippen LogP contribution in [-0.2, 0) is 11.8 Å². The number of fused-ring (bicyclic) bond motifs is 1. The van der Waals surface area contributed by atoms with Crippen LogP contribution in [0.25, 0.3) is 10.6 Å².